The molecule has 0 bridgehead atoms. The van der Waals surface area contributed by atoms with Gasteiger partial charge in [0.2, 0.25) is 0 Å². The van der Waals surface area contributed by atoms with Crippen molar-refractivity contribution in [1.82, 2.24) is 20.5 Å². The lowest BCUT2D eigenvalue weighted by atomic mass is 10.0. The summed E-state index contributed by atoms with van der Waals surface area (Å²) in [6, 6.07) is 8.96. The van der Waals surface area contributed by atoms with E-state index in [9.17, 15) is 22.4 Å². The highest BCUT2D eigenvalue weighted by atomic mass is 19.4. The van der Waals surface area contributed by atoms with Gasteiger partial charge in [-0.3, -0.25) is 10.1 Å². The second-order valence-electron chi connectivity index (χ2n) is 10.2. The highest BCUT2D eigenvalue weighted by molar-refractivity contribution is 5.86. The Morgan fingerprint density at radius 3 is 2.54 bits per heavy atom. The van der Waals surface area contributed by atoms with Gasteiger partial charge in [0.25, 0.3) is 0 Å². The number of hydrogen-bond acceptors (Lipinski definition) is 5. The van der Waals surface area contributed by atoms with Crippen molar-refractivity contribution in [3.05, 3.63) is 77.5 Å². The maximum Gasteiger partial charge on any atom is 0.416 e. The highest BCUT2D eigenvalue weighted by Crippen LogP contribution is 2.31. The molecule has 0 radical (unpaired) electrons. The smallest absolute Gasteiger partial charge is 0.416 e. The molecule has 0 unspecified atom stereocenters. The summed E-state index contributed by atoms with van der Waals surface area (Å²) in [5.74, 6) is -0.652. The minimum Gasteiger partial charge on any atom is -0.490 e. The SMILES string of the molecule is Cc1[nH]nc2ccc(-c3cncc(OC[C@H](Cc4cc(F)cc(C(F)(F)F)c4)NC(=O)OC(C)(C)C)c3)cc12. The quantitative estimate of drug-likeness (QED) is 0.256. The first-order valence-electron chi connectivity index (χ1n) is 12.2. The number of carbonyl (C=O) groups excluding carboxylic acids is 1. The molecule has 1 atom stereocenters. The Balaban J connectivity index is 1.54. The molecule has 2 N–H and O–H groups in total. The van der Waals surface area contributed by atoms with Gasteiger partial charge in [-0.15, -0.1) is 0 Å². The van der Waals surface area contributed by atoms with Crippen LogP contribution in [0.4, 0.5) is 22.4 Å². The van der Waals surface area contributed by atoms with Crippen LogP contribution < -0.4 is 10.1 Å². The van der Waals surface area contributed by atoms with Crippen LogP contribution in [0.2, 0.25) is 0 Å². The molecule has 0 saturated heterocycles. The number of aromatic amines is 1. The fourth-order valence-electron chi connectivity index (χ4n) is 4.01. The first-order chi connectivity index (χ1) is 18.3. The first-order valence-corrected chi connectivity index (χ1v) is 12.2. The van der Waals surface area contributed by atoms with Gasteiger partial charge in [0.05, 0.1) is 23.3 Å². The summed E-state index contributed by atoms with van der Waals surface area (Å²) in [6.07, 6.45) is -2.47. The van der Waals surface area contributed by atoms with E-state index >= 15 is 0 Å². The van der Waals surface area contributed by atoms with Crippen LogP contribution in [0.1, 0.15) is 37.6 Å². The topological polar surface area (TPSA) is 89.1 Å². The maximum absolute atomic E-state index is 14.0. The van der Waals surface area contributed by atoms with Gasteiger partial charge in [-0.25, -0.2) is 9.18 Å². The number of alkyl halides is 3. The summed E-state index contributed by atoms with van der Waals surface area (Å²) >= 11 is 0. The van der Waals surface area contributed by atoms with E-state index in [4.69, 9.17) is 9.47 Å². The molecule has 7 nitrogen and oxygen atoms in total. The Hall–Kier alpha value is -4.15. The zero-order chi connectivity index (χ0) is 28.4. The summed E-state index contributed by atoms with van der Waals surface area (Å²) in [5, 5.41) is 10.8. The standard InChI is InChI=1S/C28H28F4N4O3/c1-16-24-11-18(5-6-25(24)36-35-16)19-10-23(14-33-13-19)38-15-22(34-26(37)39-27(2,3)4)9-17-7-20(28(30,31)32)12-21(29)8-17/h5-8,10-14,22H,9,15H2,1-4H3,(H,34,37)(H,35,36)/t22-/m0/s1. The zero-order valence-electron chi connectivity index (χ0n) is 21.8. The van der Waals surface area contributed by atoms with Crippen LogP contribution in [0, 0.1) is 12.7 Å². The van der Waals surface area contributed by atoms with Gasteiger partial charge in [0, 0.05) is 22.8 Å². The number of fused-ring (bicyclic) bond motifs is 1. The normalized spacial score (nSPS) is 12.8. The molecule has 0 aliphatic heterocycles. The van der Waals surface area contributed by atoms with Crippen LogP contribution in [0.5, 0.6) is 5.75 Å². The number of aryl methyl sites for hydroxylation is 1. The number of nitrogens with one attached hydrogen (secondary N) is 2. The van der Waals surface area contributed by atoms with E-state index in [0.29, 0.717) is 11.8 Å². The summed E-state index contributed by atoms with van der Waals surface area (Å²) in [6.45, 7) is 6.83. The van der Waals surface area contributed by atoms with Gasteiger partial charge in [-0.2, -0.15) is 18.3 Å². The largest absolute Gasteiger partial charge is 0.490 e. The highest BCUT2D eigenvalue weighted by Gasteiger charge is 2.31. The fraction of sp³-hybridized carbons (Fsp3) is 0.321. The van der Waals surface area contributed by atoms with Crippen LogP contribution in [0.3, 0.4) is 0 Å². The Kier molecular flexibility index (Phi) is 7.80. The molecule has 4 rings (SSSR count). The summed E-state index contributed by atoms with van der Waals surface area (Å²) in [4.78, 5) is 16.7. The van der Waals surface area contributed by atoms with E-state index in [1.165, 1.54) is 6.20 Å². The van der Waals surface area contributed by atoms with Gasteiger partial charge in [-0.05, 0) is 81.6 Å². The summed E-state index contributed by atoms with van der Waals surface area (Å²) in [5.41, 5.74) is 1.54. The van der Waals surface area contributed by atoms with Gasteiger partial charge in [0.15, 0.2) is 0 Å². The number of pyridine rings is 1. The van der Waals surface area contributed by atoms with Crippen molar-refractivity contribution in [2.24, 2.45) is 0 Å². The number of amides is 1. The van der Waals surface area contributed by atoms with E-state index in [0.717, 1.165) is 39.9 Å². The number of hydrogen-bond donors (Lipinski definition) is 2. The lowest BCUT2D eigenvalue weighted by Crippen LogP contribution is -2.43. The second-order valence-corrected chi connectivity index (χ2v) is 10.2. The Bertz CT molecular complexity index is 1480. The van der Waals surface area contributed by atoms with Crippen molar-refractivity contribution in [3.8, 4) is 16.9 Å². The number of benzene rings is 2. The number of alkyl carbamates (subject to hydrolysis) is 1. The van der Waals surface area contributed by atoms with E-state index in [2.05, 4.69) is 20.5 Å². The molecule has 2 aromatic carbocycles. The first kappa shape index (κ1) is 27.9. The average molecular weight is 545 g/mol. The monoisotopic (exact) mass is 544 g/mol. The third kappa shape index (κ3) is 7.46. The van der Waals surface area contributed by atoms with Gasteiger partial charge >= 0.3 is 12.3 Å². The predicted molar refractivity (Wildman–Crippen MR) is 138 cm³/mol. The molecule has 2 heterocycles. The fourth-order valence-corrected chi connectivity index (χ4v) is 4.01. The molecule has 11 heteroatoms. The number of H-pyrrole nitrogens is 1. The van der Waals surface area contributed by atoms with Crippen LogP contribution in [0.25, 0.3) is 22.0 Å². The number of aromatic nitrogens is 3. The summed E-state index contributed by atoms with van der Waals surface area (Å²) < 4.78 is 64.9. The Labute approximate surface area is 222 Å². The number of ether oxygens (including phenoxy) is 2. The number of halogens is 4. The Morgan fingerprint density at radius 1 is 1.05 bits per heavy atom. The van der Waals surface area contributed by atoms with E-state index in [1.807, 2.05) is 25.1 Å². The number of carbonyl (C=O) groups is 1. The Morgan fingerprint density at radius 2 is 1.82 bits per heavy atom. The minimum absolute atomic E-state index is 0.0441. The van der Waals surface area contributed by atoms with Crippen LogP contribution in [-0.2, 0) is 17.3 Å². The molecule has 0 aliphatic rings. The van der Waals surface area contributed by atoms with Crippen molar-refractivity contribution >= 4 is 17.0 Å². The van der Waals surface area contributed by atoms with Crippen LogP contribution in [0.15, 0.2) is 54.9 Å². The third-order valence-electron chi connectivity index (χ3n) is 5.73. The van der Waals surface area contributed by atoms with Crippen LogP contribution in [-0.4, -0.2) is 39.5 Å². The third-order valence-corrected chi connectivity index (χ3v) is 5.73. The number of rotatable bonds is 7. The lowest BCUT2D eigenvalue weighted by molar-refractivity contribution is -0.137. The van der Waals surface area contributed by atoms with E-state index < -0.39 is 35.3 Å². The lowest BCUT2D eigenvalue weighted by Gasteiger charge is -2.24. The molecule has 1 amide bonds. The number of nitrogens with zero attached hydrogens (tertiary/aromatic N) is 2. The molecule has 4 aromatic rings. The molecular formula is C28H28F4N4O3. The van der Waals surface area contributed by atoms with E-state index in [1.54, 1.807) is 33.0 Å². The average Bonchev–Trinajstić information content (AvgIpc) is 3.20. The molecule has 0 aliphatic carbocycles. The molecule has 0 saturated carbocycles. The molecule has 206 valence electrons. The minimum atomic E-state index is -4.72. The van der Waals surface area contributed by atoms with Crippen molar-refractivity contribution < 1.29 is 31.8 Å². The molecular weight excluding hydrogens is 516 g/mol. The molecule has 0 fully saturated rings. The van der Waals surface area contributed by atoms with Gasteiger partial charge in [0.1, 0.15) is 23.8 Å². The van der Waals surface area contributed by atoms with Gasteiger partial charge < -0.3 is 14.8 Å². The maximum atomic E-state index is 14.0. The predicted octanol–water partition coefficient (Wildman–Crippen LogP) is 6.61. The van der Waals surface area contributed by atoms with Gasteiger partial charge in [-0.1, -0.05) is 6.07 Å². The molecule has 0 spiro atoms. The van der Waals surface area contributed by atoms with Crippen molar-refractivity contribution in [2.45, 2.75) is 51.9 Å². The van der Waals surface area contributed by atoms with Crippen LogP contribution >= 0.6 is 0 Å². The van der Waals surface area contributed by atoms with Crippen molar-refractivity contribution in [3.63, 3.8) is 0 Å². The van der Waals surface area contributed by atoms with Crippen molar-refractivity contribution in [1.29, 1.82) is 0 Å². The molecule has 39 heavy (non-hydrogen) atoms. The zero-order valence-corrected chi connectivity index (χ0v) is 21.8. The second kappa shape index (κ2) is 10.9. The van der Waals surface area contributed by atoms with Crippen molar-refractivity contribution in [2.75, 3.05) is 6.61 Å². The van der Waals surface area contributed by atoms with E-state index in [-0.39, 0.29) is 18.6 Å². The molecule has 2 aromatic heterocycles. The summed E-state index contributed by atoms with van der Waals surface area (Å²) in [7, 11) is 0.